The normalized spacial score (nSPS) is 16.8. The van der Waals surface area contributed by atoms with E-state index in [9.17, 15) is 4.79 Å². The first-order chi connectivity index (χ1) is 13.9. The quantitative estimate of drug-likeness (QED) is 0.733. The lowest BCUT2D eigenvalue weighted by Gasteiger charge is -2.27. The number of carbonyl (C=O) groups excluding carboxylic acids is 1. The maximum absolute atomic E-state index is 12.8. The highest BCUT2D eigenvalue weighted by Gasteiger charge is 2.20. The molecule has 3 heteroatoms. The first kappa shape index (κ1) is 21.6. The summed E-state index contributed by atoms with van der Waals surface area (Å²) in [5, 5.41) is 3.31. The number of hydrogen-bond acceptors (Lipinski definition) is 2. The van der Waals surface area contributed by atoms with Crippen LogP contribution in [0.5, 0.6) is 0 Å². The topological polar surface area (TPSA) is 32.3 Å². The summed E-state index contributed by atoms with van der Waals surface area (Å²) < 4.78 is 0. The first-order valence-electron chi connectivity index (χ1n) is 11.1. The van der Waals surface area contributed by atoms with Gasteiger partial charge >= 0.3 is 0 Å². The van der Waals surface area contributed by atoms with Gasteiger partial charge in [-0.1, -0.05) is 76.1 Å². The van der Waals surface area contributed by atoms with E-state index in [4.69, 9.17) is 0 Å². The van der Waals surface area contributed by atoms with E-state index in [1.165, 1.54) is 36.8 Å². The van der Waals surface area contributed by atoms with E-state index in [1.807, 2.05) is 30.3 Å². The predicted molar refractivity (Wildman–Crippen MR) is 121 cm³/mol. The van der Waals surface area contributed by atoms with Crippen molar-refractivity contribution in [3.63, 3.8) is 0 Å². The molecule has 0 saturated carbocycles. The minimum Gasteiger partial charge on any atom is -0.348 e. The molecule has 156 valence electrons. The Morgan fingerprint density at radius 3 is 2.14 bits per heavy atom. The summed E-state index contributed by atoms with van der Waals surface area (Å²) in [6.45, 7) is 9.92. The Bertz CT molecular complexity index is 754. The van der Waals surface area contributed by atoms with E-state index in [0.29, 0.717) is 0 Å². The highest BCUT2D eigenvalue weighted by Crippen LogP contribution is 2.22. The molecule has 1 saturated heterocycles. The number of benzene rings is 2. The molecule has 1 aliphatic heterocycles. The molecular formula is C26H36N2O. The maximum Gasteiger partial charge on any atom is 0.251 e. The molecule has 3 rings (SSSR count). The summed E-state index contributed by atoms with van der Waals surface area (Å²) in [7, 11) is 0. The third-order valence-corrected chi connectivity index (χ3v) is 5.85. The molecule has 1 amide bonds. The van der Waals surface area contributed by atoms with Crippen molar-refractivity contribution in [2.45, 2.75) is 64.3 Å². The zero-order valence-corrected chi connectivity index (χ0v) is 18.3. The first-order valence-corrected chi connectivity index (χ1v) is 11.1. The molecule has 1 aliphatic rings. The number of hydrogen-bond donors (Lipinski definition) is 1. The Morgan fingerprint density at radius 2 is 1.55 bits per heavy atom. The minimum absolute atomic E-state index is 0.0248. The molecule has 2 aromatic rings. The van der Waals surface area contributed by atoms with Crippen LogP contribution in [-0.4, -0.2) is 36.5 Å². The third-order valence-electron chi connectivity index (χ3n) is 5.85. The monoisotopic (exact) mass is 392 g/mol. The number of nitrogens with one attached hydrogen (secondary N) is 1. The van der Waals surface area contributed by atoms with Crippen LogP contribution in [0, 0.1) is 0 Å². The molecule has 0 aliphatic carbocycles. The third kappa shape index (κ3) is 6.71. The van der Waals surface area contributed by atoms with Gasteiger partial charge in [-0.3, -0.25) is 4.79 Å². The molecule has 0 aromatic heterocycles. The van der Waals surface area contributed by atoms with Gasteiger partial charge in [-0.15, -0.1) is 0 Å². The van der Waals surface area contributed by atoms with Crippen molar-refractivity contribution >= 4 is 5.91 Å². The highest BCUT2D eigenvalue weighted by atomic mass is 16.1. The van der Waals surface area contributed by atoms with E-state index in [2.05, 4.69) is 55.3 Å². The van der Waals surface area contributed by atoms with Crippen LogP contribution in [0.3, 0.4) is 0 Å². The van der Waals surface area contributed by atoms with E-state index in [-0.39, 0.29) is 17.4 Å². The second-order valence-electron chi connectivity index (χ2n) is 9.40. The van der Waals surface area contributed by atoms with Crippen LogP contribution in [0.15, 0.2) is 54.6 Å². The van der Waals surface area contributed by atoms with Gasteiger partial charge in [0.1, 0.15) is 0 Å². The molecule has 1 N–H and O–H groups in total. The highest BCUT2D eigenvalue weighted by molar-refractivity contribution is 5.94. The zero-order chi connectivity index (χ0) is 20.7. The van der Waals surface area contributed by atoms with Gasteiger partial charge in [0.25, 0.3) is 5.91 Å². The number of likely N-dealkylation sites (tertiary alicyclic amines) is 1. The lowest BCUT2D eigenvalue weighted by atomic mass is 9.86. The average Bonchev–Trinajstić information content (AvgIpc) is 2.97. The lowest BCUT2D eigenvalue weighted by molar-refractivity contribution is 0.0924. The molecular weight excluding hydrogens is 356 g/mol. The fraction of sp³-hybridized carbons (Fsp3) is 0.500. The summed E-state index contributed by atoms with van der Waals surface area (Å²) >= 11 is 0. The van der Waals surface area contributed by atoms with Crippen LogP contribution in [0.4, 0.5) is 0 Å². The number of rotatable bonds is 6. The fourth-order valence-electron chi connectivity index (χ4n) is 4.08. The van der Waals surface area contributed by atoms with E-state index >= 15 is 0 Å². The molecule has 1 atom stereocenters. The van der Waals surface area contributed by atoms with Gasteiger partial charge in [-0.05, 0) is 61.0 Å². The van der Waals surface area contributed by atoms with Gasteiger partial charge in [-0.2, -0.15) is 0 Å². The van der Waals surface area contributed by atoms with Crippen LogP contribution in [-0.2, 0) is 11.8 Å². The van der Waals surface area contributed by atoms with E-state index in [1.54, 1.807) is 0 Å². The van der Waals surface area contributed by atoms with Crippen molar-refractivity contribution in [2.24, 2.45) is 0 Å². The molecule has 2 aromatic carbocycles. The molecule has 1 fully saturated rings. The molecule has 29 heavy (non-hydrogen) atoms. The second kappa shape index (κ2) is 10.1. The zero-order valence-electron chi connectivity index (χ0n) is 18.3. The number of amides is 1. The summed E-state index contributed by atoms with van der Waals surface area (Å²) in [6, 6.07) is 18.6. The van der Waals surface area contributed by atoms with Crippen LogP contribution in [0.1, 0.15) is 67.9 Å². The molecule has 0 radical (unpaired) electrons. The smallest absolute Gasteiger partial charge is 0.251 e. The standard InChI is InChI=1S/C26H36N2O/c1-26(2,3)23-15-13-21(14-16-23)19-24(20-28-17-9-4-5-10-18-28)27-25(29)22-11-7-6-8-12-22/h6-8,11-16,24H,4-5,9-10,17-20H2,1-3H3,(H,27,29). The number of carbonyl (C=O) groups is 1. The Hall–Kier alpha value is -2.13. The van der Waals surface area contributed by atoms with Gasteiger partial charge in [0.05, 0.1) is 0 Å². The number of nitrogens with zero attached hydrogens (tertiary/aromatic N) is 1. The van der Waals surface area contributed by atoms with Gasteiger partial charge < -0.3 is 10.2 Å². The van der Waals surface area contributed by atoms with Crippen LogP contribution in [0.25, 0.3) is 0 Å². The molecule has 1 heterocycles. The van der Waals surface area contributed by atoms with Crippen molar-refractivity contribution in [3.05, 3.63) is 71.3 Å². The Balaban J connectivity index is 1.71. The largest absolute Gasteiger partial charge is 0.348 e. The van der Waals surface area contributed by atoms with Crippen molar-refractivity contribution in [2.75, 3.05) is 19.6 Å². The van der Waals surface area contributed by atoms with Crippen LogP contribution in [0.2, 0.25) is 0 Å². The summed E-state index contributed by atoms with van der Waals surface area (Å²) in [5.74, 6) is 0.0248. The van der Waals surface area contributed by atoms with E-state index < -0.39 is 0 Å². The van der Waals surface area contributed by atoms with Crippen molar-refractivity contribution in [1.29, 1.82) is 0 Å². The molecule has 3 nitrogen and oxygen atoms in total. The summed E-state index contributed by atoms with van der Waals surface area (Å²) in [6.07, 6.45) is 6.04. The Kier molecular flexibility index (Phi) is 7.49. The minimum atomic E-state index is 0.0248. The summed E-state index contributed by atoms with van der Waals surface area (Å²) in [5.41, 5.74) is 3.52. The van der Waals surface area contributed by atoms with Crippen molar-refractivity contribution < 1.29 is 4.79 Å². The fourth-order valence-corrected chi connectivity index (χ4v) is 4.08. The summed E-state index contributed by atoms with van der Waals surface area (Å²) in [4.78, 5) is 15.3. The predicted octanol–water partition coefficient (Wildman–Crippen LogP) is 5.20. The van der Waals surface area contributed by atoms with Gasteiger partial charge in [0.15, 0.2) is 0 Å². The van der Waals surface area contributed by atoms with Crippen molar-refractivity contribution in [3.8, 4) is 0 Å². The van der Waals surface area contributed by atoms with Crippen LogP contribution >= 0.6 is 0 Å². The van der Waals surface area contributed by atoms with Crippen molar-refractivity contribution in [1.82, 2.24) is 10.2 Å². The average molecular weight is 393 g/mol. The van der Waals surface area contributed by atoms with Gasteiger partial charge in [-0.25, -0.2) is 0 Å². The second-order valence-corrected chi connectivity index (χ2v) is 9.40. The lowest BCUT2D eigenvalue weighted by Crippen LogP contribution is -2.45. The molecule has 0 bridgehead atoms. The van der Waals surface area contributed by atoms with Gasteiger partial charge in [0.2, 0.25) is 0 Å². The van der Waals surface area contributed by atoms with Gasteiger partial charge in [0, 0.05) is 18.2 Å². The molecule has 1 unspecified atom stereocenters. The Labute approximate surface area is 176 Å². The molecule has 0 spiro atoms. The van der Waals surface area contributed by atoms with E-state index in [0.717, 1.165) is 31.6 Å². The Morgan fingerprint density at radius 1 is 0.931 bits per heavy atom. The SMILES string of the molecule is CC(C)(C)c1ccc(CC(CN2CCCCCC2)NC(=O)c2ccccc2)cc1. The maximum atomic E-state index is 12.8. The van der Waals surface area contributed by atoms with Crippen LogP contribution < -0.4 is 5.32 Å².